The fourth-order valence-corrected chi connectivity index (χ4v) is 3.04. The molecule has 2 aromatic carbocycles. The molecule has 0 fully saturated rings. The molecule has 21 heavy (non-hydrogen) atoms. The van der Waals surface area contributed by atoms with Crippen molar-refractivity contribution in [3.63, 3.8) is 0 Å². The van der Waals surface area contributed by atoms with Gasteiger partial charge in [-0.3, -0.25) is 4.57 Å². The Balaban J connectivity index is 2.49. The topological polar surface area (TPSA) is 35.5 Å². The molecule has 0 saturated carbocycles. The third kappa shape index (κ3) is 2.91. The molecule has 3 nitrogen and oxygen atoms in total. The van der Waals surface area contributed by atoms with Crippen LogP contribution in [0.1, 0.15) is 5.56 Å². The summed E-state index contributed by atoms with van der Waals surface area (Å²) >= 11 is 0. The highest BCUT2D eigenvalue weighted by Gasteiger charge is 2.53. The van der Waals surface area contributed by atoms with Crippen LogP contribution in [0.2, 0.25) is 0 Å². The molecular formula is C15H15F2O3P. The lowest BCUT2D eigenvalue weighted by Crippen LogP contribution is -2.16. The molecule has 0 aromatic heterocycles. The highest BCUT2D eigenvalue weighted by atomic mass is 31.2. The van der Waals surface area contributed by atoms with E-state index in [1.165, 1.54) is 18.2 Å². The van der Waals surface area contributed by atoms with Crippen LogP contribution in [-0.4, -0.2) is 14.2 Å². The summed E-state index contributed by atoms with van der Waals surface area (Å²) in [5.41, 5.74) is -2.73. The van der Waals surface area contributed by atoms with Crippen molar-refractivity contribution < 1.29 is 22.4 Å². The van der Waals surface area contributed by atoms with Crippen molar-refractivity contribution in [3.8, 4) is 11.1 Å². The van der Waals surface area contributed by atoms with E-state index in [4.69, 9.17) is 0 Å². The van der Waals surface area contributed by atoms with E-state index in [1.807, 2.05) is 30.3 Å². The summed E-state index contributed by atoms with van der Waals surface area (Å²) in [5, 5.41) is 0. The van der Waals surface area contributed by atoms with E-state index in [1.54, 1.807) is 6.07 Å². The van der Waals surface area contributed by atoms with E-state index >= 15 is 0 Å². The van der Waals surface area contributed by atoms with Gasteiger partial charge in [-0.1, -0.05) is 48.5 Å². The summed E-state index contributed by atoms with van der Waals surface area (Å²) in [6, 6.07) is 14.8. The lowest BCUT2D eigenvalue weighted by molar-refractivity contribution is 0.0454. The van der Waals surface area contributed by atoms with E-state index in [9.17, 15) is 13.3 Å². The van der Waals surface area contributed by atoms with Gasteiger partial charge < -0.3 is 9.05 Å². The molecule has 0 bridgehead atoms. The molecule has 0 amide bonds. The van der Waals surface area contributed by atoms with Gasteiger partial charge in [0.15, 0.2) is 0 Å². The SMILES string of the molecule is COP(=O)(OC)C(F)(F)c1cccc(-c2ccccc2)c1. The first kappa shape index (κ1) is 15.8. The third-order valence-electron chi connectivity index (χ3n) is 3.14. The lowest BCUT2D eigenvalue weighted by Gasteiger charge is -2.24. The van der Waals surface area contributed by atoms with Crippen molar-refractivity contribution >= 4 is 7.60 Å². The Morgan fingerprint density at radius 1 is 0.905 bits per heavy atom. The first-order valence-corrected chi connectivity index (χ1v) is 7.74. The second-order valence-electron chi connectivity index (χ2n) is 4.35. The van der Waals surface area contributed by atoms with Crippen LogP contribution in [0.25, 0.3) is 11.1 Å². The Bertz CT molecular complexity index is 651. The minimum absolute atomic E-state index is 0.407. The molecule has 0 heterocycles. The number of halogens is 2. The van der Waals surface area contributed by atoms with Gasteiger partial charge in [-0.2, -0.15) is 8.78 Å². The number of alkyl halides is 2. The standard InChI is InChI=1S/C15H15F2O3P/c1-19-21(18,20-2)15(16,17)14-10-6-9-13(11-14)12-7-4-3-5-8-12/h3-11H,1-2H3. The molecule has 0 spiro atoms. The minimum atomic E-state index is -4.55. The summed E-state index contributed by atoms with van der Waals surface area (Å²) < 4.78 is 49.7. The molecule has 112 valence electrons. The van der Waals surface area contributed by atoms with Crippen molar-refractivity contribution in [2.75, 3.05) is 14.2 Å². The van der Waals surface area contributed by atoms with Crippen LogP contribution in [0.5, 0.6) is 0 Å². The maximum Gasteiger partial charge on any atom is 0.403 e. The fraction of sp³-hybridized carbons (Fsp3) is 0.200. The van der Waals surface area contributed by atoms with Crippen LogP contribution >= 0.6 is 7.60 Å². The second-order valence-corrected chi connectivity index (χ2v) is 6.64. The average molecular weight is 312 g/mol. The maximum atomic E-state index is 14.4. The third-order valence-corrected chi connectivity index (χ3v) is 5.05. The Morgan fingerprint density at radius 2 is 1.48 bits per heavy atom. The second kappa shape index (κ2) is 6.06. The zero-order chi connectivity index (χ0) is 15.5. The van der Waals surface area contributed by atoms with Gasteiger partial charge in [0.1, 0.15) is 0 Å². The molecule has 0 radical (unpaired) electrons. The van der Waals surface area contributed by atoms with E-state index < -0.39 is 18.8 Å². The highest BCUT2D eigenvalue weighted by molar-refractivity contribution is 7.54. The normalized spacial score (nSPS) is 12.4. The van der Waals surface area contributed by atoms with Crippen molar-refractivity contribution in [2.45, 2.75) is 5.66 Å². The van der Waals surface area contributed by atoms with Crippen LogP contribution in [0, 0.1) is 0 Å². The minimum Gasteiger partial charge on any atom is -0.308 e. The summed E-state index contributed by atoms with van der Waals surface area (Å²) in [4.78, 5) is 0. The molecule has 0 aliphatic heterocycles. The molecule has 0 saturated heterocycles. The Morgan fingerprint density at radius 3 is 2.05 bits per heavy atom. The van der Waals surface area contributed by atoms with Gasteiger partial charge in [0.2, 0.25) is 0 Å². The smallest absolute Gasteiger partial charge is 0.308 e. The van der Waals surface area contributed by atoms with E-state index in [-0.39, 0.29) is 0 Å². The zero-order valence-electron chi connectivity index (χ0n) is 11.6. The van der Waals surface area contributed by atoms with Crippen molar-refractivity contribution in [2.24, 2.45) is 0 Å². The van der Waals surface area contributed by atoms with Gasteiger partial charge >= 0.3 is 13.3 Å². The van der Waals surface area contributed by atoms with Gasteiger partial charge in [-0.05, 0) is 17.2 Å². The van der Waals surface area contributed by atoms with Gasteiger partial charge in [0.25, 0.3) is 0 Å². The zero-order valence-corrected chi connectivity index (χ0v) is 12.5. The largest absolute Gasteiger partial charge is 0.403 e. The van der Waals surface area contributed by atoms with Crippen molar-refractivity contribution in [1.29, 1.82) is 0 Å². The number of benzene rings is 2. The fourth-order valence-electron chi connectivity index (χ4n) is 1.98. The summed E-state index contributed by atoms with van der Waals surface area (Å²) in [5.74, 6) is 0. The van der Waals surface area contributed by atoms with Crippen LogP contribution in [0.4, 0.5) is 8.78 Å². The van der Waals surface area contributed by atoms with Gasteiger partial charge in [0.05, 0.1) is 0 Å². The predicted octanol–water partition coefficient (Wildman–Crippen LogP) is 4.89. The number of hydrogen-bond acceptors (Lipinski definition) is 3. The first-order chi connectivity index (χ1) is 9.94. The summed E-state index contributed by atoms with van der Waals surface area (Å²) in [7, 11) is -2.66. The monoisotopic (exact) mass is 312 g/mol. The van der Waals surface area contributed by atoms with Gasteiger partial charge in [-0.25, -0.2) is 0 Å². The van der Waals surface area contributed by atoms with Crippen LogP contribution in [0.3, 0.4) is 0 Å². The van der Waals surface area contributed by atoms with Crippen LogP contribution in [0.15, 0.2) is 54.6 Å². The molecular weight excluding hydrogens is 297 g/mol. The first-order valence-electron chi connectivity index (χ1n) is 6.20. The maximum absolute atomic E-state index is 14.4. The molecule has 2 rings (SSSR count). The molecule has 0 aliphatic rings. The van der Waals surface area contributed by atoms with Crippen molar-refractivity contribution in [1.82, 2.24) is 0 Å². The highest BCUT2D eigenvalue weighted by Crippen LogP contribution is 2.66. The molecule has 0 aliphatic carbocycles. The Labute approximate surface area is 122 Å². The predicted molar refractivity (Wildman–Crippen MR) is 77.4 cm³/mol. The lowest BCUT2D eigenvalue weighted by atomic mass is 10.0. The number of rotatable bonds is 5. The Kier molecular flexibility index (Phi) is 4.57. The summed E-state index contributed by atoms with van der Waals surface area (Å²) in [6.45, 7) is 0. The van der Waals surface area contributed by atoms with Crippen LogP contribution in [-0.2, 0) is 19.3 Å². The summed E-state index contributed by atoms with van der Waals surface area (Å²) in [6.07, 6.45) is 0. The van der Waals surface area contributed by atoms with Gasteiger partial charge in [-0.15, -0.1) is 0 Å². The molecule has 6 heteroatoms. The molecule has 0 atom stereocenters. The van der Waals surface area contributed by atoms with Crippen molar-refractivity contribution in [3.05, 3.63) is 60.2 Å². The average Bonchev–Trinajstić information content (AvgIpc) is 2.54. The van der Waals surface area contributed by atoms with Crippen LogP contribution < -0.4 is 0 Å². The molecule has 0 unspecified atom stereocenters. The van der Waals surface area contributed by atoms with Gasteiger partial charge in [0, 0.05) is 19.8 Å². The van der Waals surface area contributed by atoms with E-state index in [0.29, 0.717) is 5.56 Å². The number of hydrogen-bond donors (Lipinski definition) is 0. The molecule has 2 aromatic rings. The molecule has 0 N–H and O–H groups in total. The van der Waals surface area contributed by atoms with E-state index in [2.05, 4.69) is 9.05 Å². The van der Waals surface area contributed by atoms with E-state index in [0.717, 1.165) is 19.8 Å². The Hall–Kier alpha value is -1.55. The quantitative estimate of drug-likeness (QED) is 0.737.